The van der Waals surface area contributed by atoms with Gasteiger partial charge in [0.25, 0.3) is 11.5 Å². The Morgan fingerprint density at radius 2 is 2.04 bits per heavy atom. The fourth-order valence-corrected chi connectivity index (χ4v) is 2.72. The minimum absolute atomic E-state index is 0.117. The Morgan fingerprint density at radius 1 is 1.27 bits per heavy atom. The van der Waals surface area contributed by atoms with Gasteiger partial charge < -0.3 is 5.43 Å². The predicted molar refractivity (Wildman–Crippen MR) is 105 cm³/mol. The lowest BCUT2D eigenvalue weighted by Gasteiger charge is -2.12. The lowest BCUT2D eigenvalue weighted by atomic mass is 10.2. The lowest BCUT2D eigenvalue weighted by molar-refractivity contribution is -0.119. The van der Waals surface area contributed by atoms with Crippen molar-refractivity contribution in [3.05, 3.63) is 74.7 Å². The van der Waals surface area contributed by atoms with Crippen LogP contribution in [0.4, 0.5) is 0 Å². The van der Waals surface area contributed by atoms with Gasteiger partial charge in [0.05, 0.1) is 17.1 Å². The van der Waals surface area contributed by atoms with Crippen molar-refractivity contribution in [3.63, 3.8) is 0 Å². The van der Waals surface area contributed by atoms with Gasteiger partial charge in [-0.3, -0.25) is 9.59 Å². The van der Waals surface area contributed by atoms with E-state index >= 15 is 0 Å². The maximum absolute atomic E-state index is 12.6. The highest BCUT2D eigenvalue weighted by Gasteiger charge is 2.09. The molecule has 8 heteroatoms. The molecule has 0 aliphatic rings. The molecule has 0 aliphatic carbocycles. The van der Waals surface area contributed by atoms with Crippen LogP contribution in [0.1, 0.15) is 11.4 Å². The summed E-state index contributed by atoms with van der Waals surface area (Å²) < 4.78 is 2.04. The molecule has 0 fully saturated rings. The van der Waals surface area contributed by atoms with Crippen molar-refractivity contribution in [2.24, 2.45) is 5.10 Å². The summed E-state index contributed by atoms with van der Waals surface area (Å²) >= 11 is 3.34. The average Bonchev–Trinajstić information content (AvgIpc) is 2.63. The highest BCUT2D eigenvalue weighted by atomic mass is 79.9. The Hall–Kier alpha value is -3.00. The molecule has 132 valence electrons. The van der Waals surface area contributed by atoms with Crippen LogP contribution in [0.3, 0.4) is 0 Å². The number of amides is 1. The van der Waals surface area contributed by atoms with Gasteiger partial charge in [-0.15, -0.1) is 0 Å². The zero-order valence-corrected chi connectivity index (χ0v) is 15.5. The van der Waals surface area contributed by atoms with Crippen LogP contribution in [-0.2, 0) is 4.79 Å². The number of aryl methyl sites for hydroxylation is 1. The summed E-state index contributed by atoms with van der Waals surface area (Å²) in [6.45, 7) is 1.58. The molecular formula is C18H16BrN5O2. The van der Waals surface area contributed by atoms with Gasteiger partial charge in [0.15, 0.2) is 0 Å². The molecule has 1 aromatic heterocycles. The molecule has 3 aromatic rings. The number of fused-ring (bicyclic) bond motifs is 1. The number of hydrazone groups is 1. The molecule has 0 saturated heterocycles. The number of hydrogen-bond acceptors (Lipinski definition) is 5. The fraction of sp³-hybridized carbons (Fsp3) is 0.111. The summed E-state index contributed by atoms with van der Waals surface area (Å²) in [6, 6.07) is 14.7. The molecule has 0 unspecified atom stereocenters. The molecule has 0 bridgehead atoms. The first kappa shape index (κ1) is 17.8. The van der Waals surface area contributed by atoms with Crippen molar-refractivity contribution in [2.45, 2.75) is 6.92 Å². The fourth-order valence-electron chi connectivity index (χ4n) is 2.36. The van der Waals surface area contributed by atoms with Crippen molar-refractivity contribution in [1.82, 2.24) is 15.1 Å². The summed E-state index contributed by atoms with van der Waals surface area (Å²) in [7, 11) is 0. The van der Waals surface area contributed by atoms with Crippen molar-refractivity contribution >= 4 is 39.0 Å². The number of rotatable bonds is 5. The largest absolute Gasteiger partial charge is 0.312 e. The van der Waals surface area contributed by atoms with Gasteiger partial charge >= 0.3 is 0 Å². The van der Waals surface area contributed by atoms with E-state index in [2.05, 4.69) is 36.9 Å². The van der Waals surface area contributed by atoms with Crippen LogP contribution in [0.5, 0.6) is 0 Å². The van der Waals surface area contributed by atoms with E-state index in [0.29, 0.717) is 16.7 Å². The SMILES string of the molecule is Cc1nc2ccc(Br)cc2c(=O)n1NCC(=O)N/N=C/c1ccccc1. The van der Waals surface area contributed by atoms with E-state index in [1.54, 1.807) is 25.3 Å². The molecule has 0 radical (unpaired) electrons. The second kappa shape index (κ2) is 7.92. The van der Waals surface area contributed by atoms with E-state index in [9.17, 15) is 9.59 Å². The van der Waals surface area contributed by atoms with Crippen LogP contribution in [0.2, 0.25) is 0 Å². The summed E-state index contributed by atoms with van der Waals surface area (Å²) in [6.07, 6.45) is 1.55. The molecule has 3 rings (SSSR count). The van der Waals surface area contributed by atoms with Crippen molar-refractivity contribution in [2.75, 3.05) is 12.0 Å². The number of benzene rings is 2. The number of halogens is 1. The van der Waals surface area contributed by atoms with E-state index in [-0.39, 0.29) is 18.0 Å². The second-order valence-electron chi connectivity index (χ2n) is 5.50. The van der Waals surface area contributed by atoms with Gasteiger partial charge in [-0.1, -0.05) is 46.3 Å². The van der Waals surface area contributed by atoms with Crippen LogP contribution in [-0.4, -0.2) is 28.3 Å². The number of aromatic nitrogens is 2. The molecular weight excluding hydrogens is 398 g/mol. The quantitative estimate of drug-likeness (QED) is 0.495. The van der Waals surface area contributed by atoms with Crippen LogP contribution < -0.4 is 16.4 Å². The highest BCUT2D eigenvalue weighted by Crippen LogP contribution is 2.15. The standard InChI is InChI=1S/C18H16BrN5O2/c1-12-22-16-8-7-14(19)9-15(16)18(26)24(12)21-11-17(25)23-20-10-13-5-3-2-4-6-13/h2-10,21H,11H2,1H3,(H,23,25)/b20-10+. The molecule has 7 nitrogen and oxygen atoms in total. The number of hydrogen-bond donors (Lipinski definition) is 2. The second-order valence-corrected chi connectivity index (χ2v) is 6.42. The lowest BCUT2D eigenvalue weighted by Crippen LogP contribution is -2.37. The number of carbonyl (C=O) groups excluding carboxylic acids is 1. The summed E-state index contributed by atoms with van der Waals surface area (Å²) in [5, 5.41) is 4.34. The van der Waals surface area contributed by atoms with Gasteiger partial charge in [0.1, 0.15) is 12.4 Å². The van der Waals surface area contributed by atoms with Gasteiger partial charge in [-0.25, -0.2) is 15.1 Å². The topological polar surface area (TPSA) is 88.4 Å². The molecule has 0 saturated carbocycles. The number of carbonyl (C=O) groups is 1. The highest BCUT2D eigenvalue weighted by molar-refractivity contribution is 9.10. The molecule has 1 amide bonds. The zero-order valence-electron chi connectivity index (χ0n) is 13.9. The van der Waals surface area contributed by atoms with Crippen LogP contribution in [0.25, 0.3) is 10.9 Å². The Bertz CT molecular complexity index is 1030. The molecule has 2 N–H and O–H groups in total. The van der Waals surface area contributed by atoms with Crippen molar-refractivity contribution < 1.29 is 4.79 Å². The summed E-state index contributed by atoms with van der Waals surface area (Å²) in [4.78, 5) is 28.9. The minimum atomic E-state index is -0.377. The summed E-state index contributed by atoms with van der Waals surface area (Å²) in [5.41, 5.74) is 6.40. The monoisotopic (exact) mass is 413 g/mol. The molecule has 0 atom stereocenters. The van der Waals surface area contributed by atoms with E-state index < -0.39 is 0 Å². The van der Waals surface area contributed by atoms with Crippen LogP contribution >= 0.6 is 15.9 Å². The first-order chi connectivity index (χ1) is 12.5. The molecule has 0 aliphatic heterocycles. The predicted octanol–water partition coefficient (Wildman–Crippen LogP) is 2.16. The Morgan fingerprint density at radius 3 is 2.81 bits per heavy atom. The van der Waals surface area contributed by atoms with E-state index in [0.717, 1.165) is 10.0 Å². The summed E-state index contributed by atoms with van der Waals surface area (Å²) in [5.74, 6) is 0.0863. The van der Waals surface area contributed by atoms with Gasteiger partial charge in [0.2, 0.25) is 0 Å². The molecule has 0 spiro atoms. The third-order valence-corrected chi connectivity index (χ3v) is 4.09. The smallest absolute Gasteiger partial charge is 0.279 e. The van der Waals surface area contributed by atoms with E-state index in [1.165, 1.54) is 4.68 Å². The van der Waals surface area contributed by atoms with Crippen LogP contribution in [0, 0.1) is 6.92 Å². The minimum Gasteiger partial charge on any atom is -0.312 e. The zero-order chi connectivity index (χ0) is 18.5. The Balaban J connectivity index is 1.68. The number of nitrogens with one attached hydrogen (secondary N) is 2. The average molecular weight is 414 g/mol. The Kier molecular flexibility index (Phi) is 5.43. The van der Waals surface area contributed by atoms with E-state index in [1.807, 2.05) is 36.4 Å². The number of nitrogens with zero attached hydrogens (tertiary/aromatic N) is 3. The first-order valence-electron chi connectivity index (χ1n) is 7.84. The molecule has 2 aromatic carbocycles. The van der Waals surface area contributed by atoms with Crippen LogP contribution in [0.15, 0.2) is 62.9 Å². The van der Waals surface area contributed by atoms with Gasteiger partial charge in [0, 0.05) is 4.47 Å². The third kappa shape index (κ3) is 4.15. The van der Waals surface area contributed by atoms with Gasteiger partial charge in [-0.05, 0) is 30.7 Å². The first-order valence-corrected chi connectivity index (χ1v) is 8.63. The maximum Gasteiger partial charge on any atom is 0.279 e. The molecule has 1 heterocycles. The normalized spacial score (nSPS) is 11.0. The van der Waals surface area contributed by atoms with Gasteiger partial charge in [-0.2, -0.15) is 5.10 Å². The third-order valence-electron chi connectivity index (χ3n) is 3.60. The maximum atomic E-state index is 12.6. The van der Waals surface area contributed by atoms with Crippen molar-refractivity contribution in [1.29, 1.82) is 0 Å². The van der Waals surface area contributed by atoms with E-state index in [4.69, 9.17) is 0 Å². The Labute approximate surface area is 157 Å². The van der Waals surface area contributed by atoms with Crippen molar-refractivity contribution in [3.8, 4) is 0 Å². The molecule has 26 heavy (non-hydrogen) atoms.